The Morgan fingerprint density at radius 3 is 3.00 bits per heavy atom. The molecule has 0 bridgehead atoms. The molecule has 1 saturated carbocycles. The number of fused-ring (bicyclic) bond motifs is 1. The van der Waals surface area contributed by atoms with Crippen molar-refractivity contribution in [3.63, 3.8) is 0 Å². The summed E-state index contributed by atoms with van der Waals surface area (Å²) < 4.78 is 13.8. The molecule has 1 aliphatic rings. The number of hydrogen-bond donors (Lipinski definition) is 2. The van der Waals surface area contributed by atoms with E-state index in [4.69, 9.17) is 5.73 Å². The molecular weight excluding hydrogens is 205 g/mol. The molecule has 0 amide bonds. The molecule has 1 fully saturated rings. The molecule has 2 aromatic rings. The van der Waals surface area contributed by atoms with Crippen LogP contribution in [0.25, 0.3) is 10.9 Å². The fourth-order valence-corrected chi connectivity index (χ4v) is 1.81. The van der Waals surface area contributed by atoms with Gasteiger partial charge in [0.1, 0.15) is 0 Å². The maximum Gasteiger partial charge on any atom is 0.150 e. The Hall–Kier alpha value is -1.84. The molecule has 1 aromatic heterocycles. The van der Waals surface area contributed by atoms with Crippen LogP contribution in [0.15, 0.2) is 24.4 Å². The molecule has 0 aliphatic heterocycles. The number of nitrogens with zero attached hydrogens (tertiary/aromatic N) is 1. The maximum atomic E-state index is 13.8. The molecule has 0 unspecified atom stereocenters. The van der Waals surface area contributed by atoms with Crippen LogP contribution in [0.1, 0.15) is 12.8 Å². The van der Waals surface area contributed by atoms with Crippen LogP contribution in [0.4, 0.5) is 15.8 Å². The molecule has 4 heteroatoms. The lowest BCUT2D eigenvalue weighted by Gasteiger charge is -2.10. The van der Waals surface area contributed by atoms with Gasteiger partial charge in [-0.1, -0.05) is 0 Å². The van der Waals surface area contributed by atoms with Gasteiger partial charge in [0.2, 0.25) is 0 Å². The van der Waals surface area contributed by atoms with Crippen LogP contribution in [0.5, 0.6) is 0 Å². The van der Waals surface area contributed by atoms with Gasteiger partial charge in [0, 0.05) is 23.3 Å². The predicted octanol–water partition coefficient (Wildman–Crippen LogP) is 2.53. The number of pyridine rings is 1. The fourth-order valence-electron chi connectivity index (χ4n) is 1.81. The second-order valence-corrected chi connectivity index (χ2v) is 4.14. The fraction of sp³-hybridized carbons (Fsp3) is 0.250. The van der Waals surface area contributed by atoms with Gasteiger partial charge < -0.3 is 11.1 Å². The number of aromatic nitrogens is 1. The summed E-state index contributed by atoms with van der Waals surface area (Å²) in [6, 6.07) is 5.41. The maximum absolute atomic E-state index is 13.8. The first-order valence-corrected chi connectivity index (χ1v) is 5.35. The Labute approximate surface area is 92.5 Å². The quantitative estimate of drug-likeness (QED) is 0.760. The van der Waals surface area contributed by atoms with Gasteiger partial charge in [-0.3, -0.25) is 4.98 Å². The van der Waals surface area contributed by atoms with Crippen LogP contribution in [0.3, 0.4) is 0 Å². The van der Waals surface area contributed by atoms with E-state index in [9.17, 15) is 4.39 Å². The normalized spacial score (nSPS) is 15.3. The second-order valence-electron chi connectivity index (χ2n) is 4.14. The number of nitrogens with one attached hydrogen (secondary N) is 1. The zero-order valence-corrected chi connectivity index (χ0v) is 8.70. The van der Waals surface area contributed by atoms with E-state index in [1.807, 2.05) is 6.07 Å². The van der Waals surface area contributed by atoms with Gasteiger partial charge >= 0.3 is 0 Å². The molecule has 3 rings (SSSR count). The van der Waals surface area contributed by atoms with Crippen LogP contribution >= 0.6 is 0 Å². The van der Waals surface area contributed by atoms with Crippen molar-refractivity contribution in [1.29, 1.82) is 0 Å². The molecule has 3 nitrogen and oxygen atoms in total. The van der Waals surface area contributed by atoms with Crippen molar-refractivity contribution < 1.29 is 4.39 Å². The first-order valence-electron chi connectivity index (χ1n) is 5.35. The van der Waals surface area contributed by atoms with Crippen molar-refractivity contribution in [2.75, 3.05) is 11.1 Å². The summed E-state index contributed by atoms with van der Waals surface area (Å²) in [5, 5.41) is 3.96. The molecule has 0 saturated heterocycles. The first kappa shape index (κ1) is 9.39. The molecule has 16 heavy (non-hydrogen) atoms. The van der Waals surface area contributed by atoms with Gasteiger partial charge in [-0.25, -0.2) is 4.39 Å². The van der Waals surface area contributed by atoms with Crippen molar-refractivity contribution in [2.45, 2.75) is 18.9 Å². The molecule has 0 spiro atoms. The summed E-state index contributed by atoms with van der Waals surface area (Å²) in [5.74, 6) is -0.324. The van der Waals surface area contributed by atoms with E-state index in [-0.39, 0.29) is 5.82 Å². The van der Waals surface area contributed by atoms with Crippen LogP contribution < -0.4 is 11.1 Å². The number of anilines is 2. The Balaban J connectivity index is 2.23. The number of halogens is 1. The van der Waals surface area contributed by atoms with Crippen LogP contribution in [-0.4, -0.2) is 11.0 Å². The number of benzene rings is 1. The molecule has 1 aliphatic carbocycles. The summed E-state index contributed by atoms with van der Waals surface area (Å²) in [7, 11) is 0. The zero-order valence-electron chi connectivity index (χ0n) is 8.70. The molecule has 3 N–H and O–H groups in total. The van der Waals surface area contributed by atoms with Crippen molar-refractivity contribution in [2.24, 2.45) is 0 Å². The highest BCUT2D eigenvalue weighted by molar-refractivity contribution is 5.98. The van der Waals surface area contributed by atoms with Gasteiger partial charge in [0.05, 0.1) is 11.2 Å². The highest BCUT2D eigenvalue weighted by atomic mass is 19.1. The topological polar surface area (TPSA) is 50.9 Å². The summed E-state index contributed by atoms with van der Waals surface area (Å²) in [4.78, 5) is 4.20. The van der Waals surface area contributed by atoms with Gasteiger partial charge in [-0.05, 0) is 31.0 Å². The van der Waals surface area contributed by atoms with Crippen molar-refractivity contribution in [3.8, 4) is 0 Å². The standard InChI is InChI=1S/C12H12FN3/c13-9-6-10(14)8-2-1-5-15-11(8)12(9)16-7-3-4-7/h1-2,5-7,16H,3-4,14H2. The smallest absolute Gasteiger partial charge is 0.150 e. The Kier molecular flexibility index (Phi) is 1.96. The minimum absolute atomic E-state index is 0.324. The largest absolute Gasteiger partial charge is 0.398 e. The lowest BCUT2D eigenvalue weighted by atomic mass is 10.1. The summed E-state index contributed by atoms with van der Waals surface area (Å²) in [5.41, 5.74) is 7.29. The van der Waals surface area contributed by atoms with Gasteiger partial charge in [0.15, 0.2) is 5.82 Å². The minimum Gasteiger partial charge on any atom is -0.398 e. The van der Waals surface area contributed by atoms with E-state index < -0.39 is 0 Å². The predicted molar refractivity (Wildman–Crippen MR) is 62.8 cm³/mol. The second kappa shape index (κ2) is 3.33. The average molecular weight is 217 g/mol. The molecule has 82 valence electrons. The van der Waals surface area contributed by atoms with E-state index >= 15 is 0 Å². The van der Waals surface area contributed by atoms with E-state index in [0.717, 1.165) is 18.2 Å². The van der Waals surface area contributed by atoms with E-state index in [2.05, 4.69) is 10.3 Å². The van der Waals surface area contributed by atoms with Gasteiger partial charge in [-0.15, -0.1) is 0 Å². The highest BCUT2D eigenvalue weighted by Crippen LogP contribution is 2.33. The van der Waals surface area contributed by atoms with E-state index in [0.29, 0.717) is 22.9 Å². The van der Waals surface area contributed by atoms with Crippen molar-refractivity contribution >= 4 is 22.3 Å². The monoisotopic (exact) mass is 217 g/mol. The molecule has 1 aromatic carbocycles. The SMILES string of the molecule is Nc1cc(F)c(NC2CC2)c2ncccc12. The molecular formula is C12H12FN3. The summed E-state index contributed by atoms with van der Waals surface area (Å²) in [6.07, 6.45) is 3.84. The minimum atomic E-state index is -0.324. The third-order valence-electron chi connectivity index (χ3n) is 2.80. The lowest BCUT2D eigenvalue weighted by Crippen LogP contribution is -2.05. The summed E-state index contributed by atoms with van der Waals surface area (Å²) in [6.45, 7) is 0. The van der Waals surface area contributed by atoms with Crippen molar-refractivity contribution in [1.82, 2.24) is 4.98 Å². The van der Waals surface area contributed by atoms with Gasteiger partial charge in [-0.2, -0.15) is 0 Å². The summed E-state index contributed by atoms with van der Waals surface area (Å²) >= 11 is 0. The Morgan fingerprint density at radius 1 is 1.44 bits per heavy atom. The number of nitrogens with two attached hydrogens (primary N) is 1. The number of rotatable bonds is 2. The Bertz CT molecular complexity index is 549. The van der Waals surface area contributed by atoms with E-state index in [1.165, 1.54) is 6.07 Å². The molecule has 1 heterocycles. The first-order chi connectivity index (χ1) is 7.75. The third kappa shape index (κ3) is 1.46. The van der Waals surface area contributed by atoms with Crippen LogP contribution in [-0.2, 0) is 0 Å². The van der Waals surface area contributed by atoms with Crippen LogP contribution in [0, 0.1) is 5.82 Å². The van der Waals surface area contributed by atoms with Crippen molar-refractivity contribution in [3.05, 3.63) is 30.2 Å². The zero-order chi connectivity index (χ0) is 11.1. The van der Waals surface area contributed by atoms with Crippen LogP contribution in [0.2, 0.25) is 0 Å². The van der Waals surface area contributed by atoms with Gasteiger partial charge in [0.25, 0.3) is 0 Å². The number of nitrogen functional groups attached to an aromatic ring is 1. The molecule has 0 atom stereocenters. The van der Waals surface area contributed by atoms with E-state index in [1.54, 1.807) is 12.3 Å². The molecule has 0 radical (unpaired) electrons. The third-order valence-corrected chi connectivity index (χ3v) is 2.80. The Morgan fingerprint density at radius 2 is 2.25 bits per heavy atom. The highest BCUT2D eigenvalue weighted by Gasteiger charge is 2.23. The average Bonchev–Trinajstić information content (AvgIpc) is 3.08. The number of hydrogen-bond acceptors (Lipinski definition) is 3. The lowest BCUT2D eigenvalue weighted by molar-refractivity contribution is 0.632.